The molecule has 1 aromatic carbocycles. The molecule has 0 saturated carbocycles. The Labute approximate surface area is 133 Å². The lowest BCUT2D eigenvalue weighted by Gasteiger charge is -2.13. The maximum atomic E-state index is 12.6. The van der Waals surface area contributed by atoms with E-state index < -0.39 is 11.7 Å². The minimum Gasteiger partial charge on any atom is -0.355 e. The summed E-state index contributed by atoms with van der Waals surface area (Å²) in [5.41, 5.74) is -0.225. The van der Waals surface area contributed by atoms with E-state index in [-0.39, 0.29) is 19.0 Å². The maximum absolute atomic E-state index is 12.6. The van der Waals surface area contributed by atoms with E-state index in [1.54, 1.807) is 6.07 Å². The molecular weight excluding hydrogens is 309 g/mol. The Kier molecular flexibility index (Phi) is 7.37. The van der Waals surface area contributed by atoms with Crippen molar-refractivity contribution >= 4 is 11.9 Å². The monoisotopic (exact) mass is 330 g/mol. The molecule has 0 bridgehead atoms. The highest BCUT2D eigenvalue weighted by Gasteiger charge is 2.30. The topological polar surface area (TPSA) is 65.5 Å². The number of aliphatic imine (C=N–C) groups is 1. The molecule has 0 aliphatic heterocycles. The summed E-state index contributed by atoms with van der Waals surface area (Å²) in [5, 5.41) is 8.37. The van der Waals surface area contributed by atoms with E-state index in [9.17, 15) is 18.0 Å². The summed E-state index contributed by atoms with van der Waals surface area (Å²) in [5.74, 6) is 0.169. The van der Waals surface area contributed by atoms with Gasteiger partial charge in [-0.2, -0.15) is 13.2 Å². The van der Waals surface area contributed by atoms with Crippen molar-refractivity contribution in [3.63, 3.8) is 0 Å². The van der Waals surface area contributed by atoms with Crippen molar-refractivity contribution in [2.45, 2.75) is 26.1 Å². The summed E-state index contributed by atoms with van der Waals surface area (Å²) in [7, 11) is 1.52. The average molecular weight is 330 g/mol. The first-order valence-corrected chi connectivity index (χ1v) is 7.24. The minimum absolute atomic E-state index is 0.0439. The van der Waals surface area contributed by atoms with Crippen molar-refractivity contribution < 1.29 is 18.0 Å². The smallest absolute Gasteiger partial charge is 0.355 e. The lowest BCUT2D eigenvalue weighted by atomic mass is 10.1. The number of nitrogens with one attached hydrogen (secondary N) is 3. The number of halogens is 3. The van der Waals surface area contributed by atoms with Gasteiger partial charge in [0, 0.05) is 20.1 Å². The van der Waals surface area contributed by atoms with E-state index in [1.807, 2.05) is 6.92 Å². The maximum Gasteiger partial charge on any atom is 0.416 e. The van der Waals surface area contributed by atoms with Crippen molar-refractivity contribution in [1.82, 2.24) is 16.0 Å². The van der Waals surface area contributed by atoms with Crippen molar-refractivity contribution in [2.75, 3.05) is 20.1 Å². The van der Waals surface area contributed by atoms with Crippen LogP contribution in [0.5, 0.6) is 0 Å². The molecule has 3 N–H and O–H groups in total. The molecule has 0 heterocycles. The van der Waals surface area contributed by atoms with Gasteiger partial charge in [0.15, 0.2) is 5.96 Å². The fraction of sp³-hybridized carbons (Fsp3) is 0.467. The third-order valence-electron chi connectivity index (χ3n) is 2.93. The molecule has 0 radical (unpaired) electrons. The fourth-order valence-electron chi connectivity index (χ4n) is 1.75. The van der Waals surface area contributed by atoms with Crippen molar-refractivity contribution in [2.24, 2.45) is 4.99 Å². The second kappa shape index (κ2) is 9.02. The van der Waals surface area contributed by atoms with Crippen LogP contribution in [-0.4, -0.2) is 32.0 Å². The lowest BCUT2D eigenvalue weighted by molar-refractivity contribution is -0.137. The number of amides is 1. The van der Waals surface area contributed by atoms with Gasteiger partial charge in [-0.05, 0) is 24.1 Å². The van der Waals surface area contributed by atoms with Gasteiger partial charge in [-0.15, -0.1) is 0 Å². The van der Waals surface area contributed by atoms with Gasteiger partial charge in [-0.25, -0.2) is 0 Å². The molecule has 0 aliphatic rings. The van der Waals surface area contributed by atoms with Crippen LogP contribution in [-0.2, 0) is 17.5 Å². The zero-order valence-corrected chi connectivity index (χ0v) is 13.1. The summed E-state index contributed by atoms with van der Waals surface area (Å²) in [4.78, 5) is 15.4. The van der Waals surface area contributed by atoms with Gasteiger partial charge in [-0.1, -0.05) is 19.1 Å². The molecule has 0 aliphatic carbocycles. The Hall–Kier alpha value is -2.25. The van der Waals surface area contributed by atoms with E-state index in [0.717, 1.165) is 18.6 Å². The van der Waals surface area contributed by atoms with Gasteiger partial charge in [-0.3, -0.25) is 9.79 Å². The molecule has 1 aromatic rings. The van der Waals surface area contributed by atoms with E-state index >= 15 is 0 Å². The van der Waals surface area contributed by atoms with Gasteiger partial charge in [0.1, 0.15) is 0 Å². The third-order valence-corrected chi connectivity index (χ3v) is 2.93. The van der Waals surface area contributed by atoms with Crippen LogP contribution in [0.4, 0.5) is 13.2 Å². The Balaban J connectivity index is 2.50. The van der Waals surface area contributed by atoms with Crippen LogP contribution in [0.3, 0.4) is 0 Å². The minimum atomic E-state index is -4.37. The van der Waals surface area contributed by atoms with Crippen molar-refractivity contribution in [3.05, 3.63) is 35.4 Å². The Morgan fingerprint density at radius 1 is 1.22 bits per heavy atom. The number of hydrogen-bond donors (Lipinski definition) is 3. The highest BCUT2D eigenvalue weighted by molar-refractivity contribution is 5.86. The van der Waals surface area contributed by atoms with E-state index in [0.29, 0.717) is 18.1 Å². The normalized spacial score (nSPS) is 12.0. The second-order valence-electron chi connectivity index (χ2n) is 4.83. The number of nitrogens with zero attached hydrogens (tertiary/aromatic N) is 1. The highest BCUT2D eigenvalue weighted by Crippen LogP contribution is 2.29. The average Bonchev–Trinajstić information content (AvgIpc) is 2.52. The molecule has 8 heteroatoms. The number of carbonyl (C=O) groups is 1. The SMILES string of the molecule is CCCNC(=O)CNC(=NC)NCc1cccc(C(F)(F)F)c1. The fourth-order valence-corrected chi connectivity index (χ4v) is 1.75. The zero-order chi connectivity index (χ0) is 17.3. The van der Waals surface area contributed by atoms with Crippen LogP contribution in [0.1, 0.15) is 24.5 Å². The molecule has 23 heavy (non-hydrogen) atoms. The molecule has 0 spiro atoms. The quantitative estimate of drug-likeness (QED) is 0.551. The van der Waals surface area contributed by atoms with Crippen LogP contribution >= 0.6 is 0 Å². The summed E-state index contributed by atoms with van der Waals surface area (Å²) in [6.07, 6.45) is -3.53. The second-order valence-corrected chi connectivity index (χ2v) is 4.83. The van der Waals surface area contributed by atoms with Gasteiger partial charge in [0.05, 0.1) is 12.1 Å². The standard InChI is InChI=1S/C15H21F3N4O/c1-3-7-20-13(23)10-22-14(19-2)21-9-11-5-4-6-12(8-11)15(16,17)18/h4-6,8H,3,7,9-10H2,1-2H3,(H,20,23)(H2,19,21,22). The van der Waals surface area contributed by atoms with Crippen LogP contribution in [0.15, 0.2) is 29.3 Å². The number of hydrogen-bond acceptors (Lipinski definition) is 2. The summed E-state index contributed by atoms with van der Waals surface area (Å²) in [6.45, 7) is 2.75. The van der Waals surface area contributed by atoms with Gasteiger partial charge in [0.25, 0.3) is 0 Å². The number of guanidine groups is 1. The molecule has 0 unspecified atom stereocenters. The van der Waals surface area contributed by atoms with E-state index in [1.165, 1.54) is 13.1 Å². The molecule has 1 amide bonds. The molecule has 0 atom stereocenters. The van der Waals surface area contributed by atoms with Gasteiger partial charge < -0.3 is 16.0 Å². The Bertz CT molecular complexity index is 544. The Morgan fingerprint density at radius 2 is 1.96 bits per heavy atom. The van der Waals surface area contributed by atoms with E-state index in [4.69, 9.17) is 0 Å². The van der Waals surface area contributed by atoms with Crippen LogP contribution in [0, 0.1) is 0 Å². The predicted octanol–water partition coefficient (Wildman–Crippen LogP) is 1.90. The van der Waals surface area contributed by atoms with Crippen LogP contribution in [0.25, 0.3) is 0 Å². The first-order valence-electron chi connectivity index (χ1n) is 7.24. The molecule has 0 saturated heterocycles. The third kappa shape index (κ3) is 7.03. The lowest BCUT2D eigenvalue weighted by Crippen LogP contribution is -2.43. The first kappa shape index (κ1) is 18.8. The van der Waals surface area contributed by atoms with Crippen molar-refractivity contribution in [1.29, 1.82) is 0 Å². The van der Waals surface area contributed by atoms with Gasteiger partial charge >= 0.3 is 6.18 Å². The zero-order valence-electron chi connectivity index (χ0n) is 13.1. The molecule has 0 fully saturated rings. The predicted molar refractivity (Wildman–Crippen MR) is 82.9 cm³/mol. The van der Waals surface area contributed by atoms with Crippen LogP contribution in [0.2, 0.25) is 0 Å². The molecular formula is C15H21F3N4O. The van der Waals surface area contributed by atoms with Crippen LogP contribution < -0.4 is 16.0 Å². The number of alkyl halides is 3. The first-order chi connectivity index (χ1) is 10.9. The largest absolute Gasteiger partial charge is 0.416 e. The number of rotatable bonds is 6. The molecule has 5 nitrogen and oxygen atoms in total. The Morgan fingerprint density at radius 3 is 2.57 bits per heavy atom. The van der Waals surface area contributed by atoms with Crippen molar-refractivity contribution in [3.8, 4) is 0 Å². The molecule has 128 valence electrons. The summed E-state index contributed by atoms with van der Waals surface area (Å²) in [6, 6.07) is 5.04. The van der Waals surface area contributed by atoms with E-state index in [2.05, 4.69) is 20.9 Å². The molecule has 0 aromatic heterocycles. The summed E-state index contributed by atoms with van der Waals surface area (Å²) < 4.78 is 37.9. The summed E-state index contributed by atoms with van der Waals surface area (Å²) >= 11 is 0. The van der Waals surface area contributed by atoms with Gasteiger partial charge in [0.2, 0.25) is 5.91 Å². The highest BCUT2D eigenvalue weighted by atomic mass is 19.4. The number of carbonyl (C=O) groups excluding carboxylic acids is 1. The molecule has 1 rings (SSSR count). The number of benzene rings is 1.